The van der Waals surface area contributed by atoms with Gasteiger partial charge in [0, 0.05) is 5.75 Å². The number of aliphatic hydroxyl groups excluding tert-OH is 1. The smallest absolute Gasteiger partial charge is 0.0908 e. The Bertz CT molecular complexity index is 62.9. The molecule has 0 aliphatic carbocycles. The highest BCUT2D eigenvalue weighted by Gasteiger charge is 1.99. The van der Waals surface area contributed by atoms with Crippen LogP contribution in [-0.2, 0) is 4.74 Å². The summed E-state index contributed by atoms with van der Waals surface area (Å²) in [5, 5.41) is 8.80. The summed E-state index contributed by atoms with van der Waals surface area (Å²) >= 11 is 9.19. The molecule has 0 bridgehead atoms. The molecule has 9 heavy (non-hydrogen) atoms. The molecule has 0 aliphatic rings. The van der Waals surface area contributed by atoms with Crippen LogP contribution >= 0.6 is 24.2 Å². The van der Waals surface area contributed by atoms with Gasteiger partial charge < -0.3 is 9.84 Å². The molecular weight excluding hydrogens is 160 g/mol. The number of rotatable bonds is 5. The Kier molecular flexibility index (Phi) is 7.09. The minimum absolute atomic E-state index is 0.229. The highest BCUT2D eigenvalue weighted by atomic mass is 35.5. The molecule has 0 aromatic rings. The van der Waals surface area contributed by atoms with Crippen molar-refractivity contribution in [2.45, 2.75) is 6.10 Å². The van der Waals surface area contributed by atoms with Crippen LogP contribution in [0.1, 0.15) is 0 Å². The molecule has 0 saturated carbocycles. The zero-order chi connectivity index (χ0) is 7.11. The molecule has 1 atom stereocenters. The molecule has 0 spiro atoms. The molecule has 0 aromatic carbocycles. The number of thiol groups is 1. The van der Waals surface area contributed by atoms with Crippen LogP contribution in [0.15, 0.2) is 0 Å². The van der Waals surface area contributed by atoms with Gasteiger partial charge in [0.2, 0.25) is 0 Å². The lowest BCUT2D eigenvalue weighted by molar-refractivity contribution is 0.0558. The lowest BCUT2D eigenvalue weighted by Gasteiger charge is -2.05. The SMILES string of the molecule is OC(CCl)COCCS. The Hall–Kier alpha value is 0.560. The summed E-state index contributed by atoms with van der Waals surface area (Å²) in [5.41, 5.74) is 0. The molecule has 1 N–H and O–H groups in total. The number of hydrogen-bond donors (Lipinski definition) is 2. The van der Waals surface area contributed by atoms with Crippen LogP contribution in [0.3, 0.4) is 0 Å². The van der Waals surface area contributed by atoms with E-state index in [4.69, 9.17) is 21.4 Å². The first kappa shape index (κ1) is 9.56. The number of alkyl halides is 1. The third-order valence-corrected chi connectivity index (χ3v) is 1.26. The van der Waals surface area contributed by atoms with Crippen LogP contribution in [0.5, 0.6) is 0 Å². The quantitative estimate of drug-likeness (QED) is 0.358. The third kappa shape index (κ3) is 6.45. The summed E-state index contributed by atoms with van der Waals surface area (Å²) in [6.45, 7) is 0.876. The van der Waals surface area contributed by atoms with Gasteiger partial charge in [0.25, 0.3) is 0 Å². The van der Waals surface area contributed by atoms with Crippen LogP contribution < -0.4 is 0 Å². The van der Waals surface area contributed by atoms with Crippen LogP contribution in [-0.4, -0.2) is 36.1 Å². The fourth-order valence-corrected chi connectivity index (χ4v) is 0.547. The number of ether oxygens (including phenoxy) is 1. The van der Waals surface area contributed by atoms with E-state index in [1.165, 1.54) is 0 Å². The van der Waals surface area contributed by atoms with Gasteiger partial charge in [-0.15, -0.1) is 11.6 Å². The maximum absolute atomic E-state index is 8.80. The van der Waals surface area contributed by atoms with Crippen molar-refractivity contribution in [1.82, 2.24) is 0 Å². The Morgan fingerprint density at radius 3 is 2.78 bits per heavy atom. The molecular formula is C5H11ClO2S. The molecule has 0 rings (SSSR count). The van der Waals surface area contributed by atoms with Crippen LogP contribution in [0.25, 0.3) is 0 Å². The lowest BCUT2D eigenvalue weighted by Crippen LogP contribution is -2.17. The minimum Gasteiger partial charge on any atom is -0.389 e. The largest absolute Gasteiger partial charge is 0.389 e. The van der Waals surface area contributed by atoms with Crippen molar-refractivity contribution in [3.8, 4) is 0 Å². The number of aliphatic hydroxyl groups is 1. The van der Waals surface area contributed by atoms with Crippen LogP contribution in [0, 0.1) is 0 Å². The molecule has 0 amide bonds. The van der Waals surface area contributed by atoms with Crippen LogP contribution in [0.4, 0.5) is 0 Å². The molecule has 1 unspecified atom stereocenters. The highest BCUT2D eigenvalue weighted by Crippen LogP contribution is 1.88. The highest BCUT2D eigenvalue weighted by molar-refractivity contribution is 7.80. The van der Waals surface area contributed by atoms with Gasteiger partial charge in [-0.2, -0.15) is 12.6 Å². The maximum Gasteiger partial charge on any atom is 0.0908 e. The van der Waals surface area contributed by atoms with Gasteiger partial charge in [-0.05, 0) is 0 Å². The van der Waals surface area contributed by atoms with Gasteiger partial charge in [-0.3, -0.25) is 0 Å². The first-order valence-corrected chi connectivity index (χ1v) is 3.90. The van der Waals surface area contributed by atoms with E-state index in [1.807, 2.05) is 0 Å². The number of hydrogen-bond acceptors (Lipinski definition) is 3. The Morgan fingerprint density at radius 1 is 1.67 bits per heavy atom. The van der Waals surface area contributed by atoms with E-state index in [0.29, 0.717) is 19.0 Å². The van der Waals surface area contributed by atoms with E-state index in [0.717, 1.165) is 0 Å². The Labute approximate surface area is 65.6 Å². The van der Waals surface area contributed by atoms with Crippen molar-refractivity contribution in [3.63, 3.8) is 0 Å². The lowest BCUT2D eigenvalue weighted by atomic mass is 10.4. The summed E-state index contributed by atoms with van der Waals surface area (Å²) in [5.74, 6) is 0.904. The zero-order valence-electron chi connectivity index (χ0n) is 5.09. The number of halogens is 1. The normalized spacial score (nSPS) is 13.7. The molecule has 0 fully saturated rings. The first-order chi connectivity index (χ1) is 4.31. The third-order valence-electron chi connectivity index (χ3n) is 0.724. The molecule has 0 aliphatic heterocycles. The van der Waals surface area contributed by atoms with Gasteiger partial charge in [-0.1, -0.05) is 0 Å². The molecule has 56 valence electrons. The average molecular weight is 171 g/mol. The first-order valence-electron chi connectivity index (χ1n) is 2.74. The average Bonchev–Trinajstić information content (AvgIpc) is 1.89. The second-order valence-electron chi connectivity index (χ2n) is 1.61. The fourth-order valence-electron chi connectivity index (χ4n) is 0.328. The van der Waals surface area contributed by atoms with Crippen molar-refractivity contribution in [2.75, 3.05) is 24.8 Å². The van der Waals surface area contributed by atoms with Crippen molar-refractivity contribution in [2.24, 2.45) is 0 Å². The summed E-state index contributed by atoms with van der Waals surface area (Å²) in [4.78, 5) is 0. The maximum atomic E-state index is 8.80. The summed E-state index contributed by atoms with van der Waals surface area (Å²) in [6, 6.07) is 0. The topological polar surface area (TPSA) is 29.5 Å². The molecule has 0 saturated heterocycles. The van der Waals surface area contributed by atoms with Gasteiger partial charge in [0.05, 0.1) is 25.2 Å². The van der Waals surface area contributed by atoms with E-state index in [2.05, 4.69) is 12.6 Å². The van der Waals surface area contributed by atoms with Crippen molar-refractivity contribution in [3.05, 3.63) is 0 Å². The van der Waals surface area contributed by atoms with Crippen molar-refractivity contribution in [1.29, 1.82) is 0 Å². The zero-order valence-corrected chi connectivity index (χ0v) is 6.74. The Morgan fingerprint density at radius 2 is 2.33 bits per heavy atom. The monoisotopic (exact) mass is 170 g/mol. The van der Waals surface area contributed by atoms with E-state index in [-0.39, 0.29) is 5.88 Å². The van der Waals surface area contributed by atoms with E-state index in [9.17, 15) is 0 Å². The van der Waals surface area contributed by atoms with Gasteiger partial charge in [0.1, 0.15) is 0 Å². The summed E-state index contributed by atoms with van der Waals surface area (Å²) < 4.78 is 4.92. The standard InChI is InChI=1S/C5H11ClO2S/c6-3-5(7)4-8-1-2-9/h5,7,9H,1-4H2. The fraction of sp³-hybridized carbons (Fsp3) is 1.00. The molecule has 0 aromatic heterocycles. The summed E-state index contributed by atoms with van der Waals surface area (Å²) in [6.07, 6.45) is -0.536. The second kappa shape index (κ2) is 6.68. The molecule has 4 heteroatoms. The summed E-state index contributed by atoms with van der Waals surface area (Å²) in [7, 11) is 0. The van der Waals surface area contributed by atoms with Gasteiger partial charge in [0.15, 0.2) is 0 Å². The molecule has 2 nitrogen and oxygen atoms in total. The Balaban J connectivity index is 2.88. The van der Waals surface area contributed by atoms with Gasteiger partial charge in [-0.25, -0.2) is 0 Å². The predicted molar refractivity (Wildman–Crippen MR) is 41.4 cm³/mol. The van der Waals surface area contributed by atoms with Crippen LogP contribution in [0.2, 0.25) is 0 Å². The van der Waals surface area contributed by atoms with E-state index >= 15 is 0 Å². The van der Waals surface area contributed by atoms with Crippen molar-refractivity contribution < 1.29 is 9.84 Å². The van der Waals surface area contributed by atoms with E-state index in [1.54, 1.807) is 0 Å². The predicted octanol–water partition coefficient (Wildman–Crippen LogP) is 0.532. The van der Waals surface area contributed by atoms with Gasteiger partial charge >= 0.3 is 0 Å². The molecule has 0 heterocycles. The van der Waals surface area contributed by atoms with E-state index < -0.39 is 6.10 Å². The second-order valence-corrected chi connectivity index (χ2v) is 2.36. The minimum atomic E-state index is -0.536. The van der Waals surface area contributed by atoms with Crippen molar-refractivity contribution >= 4 is 24.2 Å². The molecule has 0 radical (unpaired) electrons.